The van der Waals surface area contributed by atoms with E-state index in [0.29, 0.717) is 18.3 Å². The van der Waals surface area contributed by atoms with Gasteiger partial charge in [0.25, 0.3) is 0 Å². The monoisotopic (exact) mass is 140 g/mol. The van der Waals surface area contributed by atoms with Crippen molar-refractivity contribution in [3.05, 3.63) is 0 Å². The van der Waals surface area contributed by atoms with Crippen LogP contribution in [-0.2, 0) is 9.47 Å². The molecule has 2 nitrogen and oxygen atoms in total. The molecule has 4 atom stereocenters. The fourth-order valence-electron chi connectivity index (χ4n) is 2.10. The summed E-state index contributed by atoms with van der Waals surface area (Å²) in [5, 5.41) is 0. The van der Waals surface area contributed by atoms with Gasteiger partial charge in [-0.15, -0.1) is 0 Å². The van der Waals surface area contributed by atoms with E-state index in [1.54, 1.807) is 0 Å². The number of hydrogen-bond donors (Lipinski definition) is 0. The van der Waals surface area contributed by atoms with E-state index in [1.807, 2.05) is 0 Å². The Kier molecular flexibility index (Phi) is 0.968. The quantitative estimate of drug-likeness (QED) is 0.507. The van der Waals surface area contributed by atoms with Gasteiger partial charge in [-0.05, 0) is 25.2 Å². The van der Waals surface area contributed by atoms with Crippen LogP contribution < -0.4 is 0 Å². The van der Waals surface area contributed by atoms with E-state index >= 15 is 0 Å². The smallest absolute Gasteiger partial charge is 0.0845 e. The Balaban J connectivity index is 1.65. The summed E-state index contributed by atoms with van der Waals surface area (Å²) in [5.41, 5.74) is 0. The predicted molar refractivity (Wildman–Crippen MR) is 35.7 cm³/mol. The highest BCUT2D eigenvalue weighted by atomic mass is 16.6. The van der Waals surface area contributed by atoms with Crippen LogP contribution in [0.1, 0.15) is 19.3 Å². The molecule has 3 fully saturated rings. The molecule has 0 radical (unpaired) electrons. The van der Waals surface area contributed by atoms with Crippen molar-refractivity contribution in [1.29, 1.82) is 0 Å². The predicted octanol–water partition coefficient (Wildman–Crippen LogP) is 0.953. The first-order valence-corrected chi connectivity index (χ1v) is 4.20. The molecule has 10 heavy (non-hydrogen) atoms. The van der Waals surface area contributed by atoms with Crippen LogP contribution in [0.25, 0.3) is 0 Å². The van der Waals surface area contributed by atoms with Gasteiger partial charge in [-0.3, -0.25) is 0 Å². The second-order valence-corrected chi connectivity index (χ2v) is 3.66. The molecule has 0 aromatic carbocycles. The van der Waals surface area contributed by atoms with Crippen molar-refractivity contribution >= 4 is 0 Å². The summed E-state index contributed by atoms with van der Waals surface area (Å²) in [5.74, 6) is 0.837. The zero-order chi connectivity index (χ0) is 6.55. The van der Waals surface area contributed by atoms with Crippen LogP contribution >= 0.6 is 0 Å². The number of rotatable bonds is 1. The Hall–Kier alpha value is -0.0800. The van der Waals surface area contributed by atoms with E-state index in [0.717, 1.165) is 12.5 Å². The van der Waals surface area contributed by atoms with Crippen molar-refractivity contribution in [3.8, 4) is 0 Å². The maximum atomic E-state index is 5.43. The first kappa shape index (κ1) is 5.56. The highest BCUT2D eigenvalue weighted by molar-refractivity contribution is 4.96. The lowest BCUT2D eigenvalue weighted by Gasteiger charge is -2.15. The normalized spacial score (nSPS) is 57.6. The molecule has 0 aromatic rings. The third-order valence-corrected chi connectivity index (χ3v) is 2.93. The van der Waals surface area contributed by atoms with Gasteiger partial charge in [0, 0.05) is 0 Å². The molecule has 3 aliphatic rings. The minimum Gasteiger partial charge on any atom is -0.373 e. The van der Waals surface area contributed by atoms with Crippen LogP contribution in [0.4, 0.5) is 0 Å². The lowest BCUT2D eigenvalue weighted by Crippen LogP contribution is -2.17. The molecular formula is C8H12O2. The van der Waals surface area contributed by atoms with Gasteiger partial charge in [0.05, 0.1) is 24.9 Å². The number of hydrogen-bond acceptors (Lipinski definition) is 2. The third kappa shape index (κ3) is 0.789. The summed E-state index contributed by atoms with van der Waals surface area (Å²) < 4.78 is 10.7. The van der Waals surface area contributed by atoms with Crippen molar-refractivity contribution < 1.29 is 9.47 Å². The number of epoxide rings is 2. The van der Waals surface area contributed by atoms with E-state index in [4.69, 9.17) is 9.47 Å². The van der Waals surface area contributed by atoms with Crippen LogP contribution in [0.5, 0.6) is 0 Å². The van der Waals surface area contributed by atoms with E-state index < -0.39 is 0 Å². The van der Waals surface area contributed by atoms with Gasteiger partial charge in [0.1, 0.15) is 0 Å². The SMILES string of the molecule is C1C[C@@H]2O[C@H]2C[C@@H]1[C@@H]1CO1. The topological polar surface area (TPSA) is 25.1 Å². The summed E-state index contributed by atoms with van der Waals surface area (Å²) in [6, 6.07) is 0. The summed E-state index contributed by atoms with van der Waals surface area (Å²) in [7, 11) is 0. The van der Waals surface area contributed by atoms with Crippen LogP contribution in [0.15, 0.2) is 0 Å². The van der Waals surface area contributed by atoms with Crippen molar-refractivity contribution in [3.63, 3.8) is 0 Å². The molecule has 1 aliphatic carbocycles. The van der Waals surface area contributed by atoms with Crippen LogP contribution in [-0.4, -0.2) is 24.9 Å². The van der Waals surface area contributed by atoms with Crippen molar-refractivity contribution in [2.75, 3.05) is 6.61 Å². The zero-order valence-corrected chi connectivity index (χ0v) is 5.95. The van der Waals surface area contributed by atoms with Crippen LogP contribution in [0, 0.1) is 5.92 Å². The lowest BCUT2D eigenvalue weighted by atomic mass is 9.87. The highest BCUT2D eigenvalue weighted by Crippen LogP contribution is 2.43. The Labute approximate surface area is 60.5 Å². The average molecular weight is 140 g/mol. The molecule has 0 aromatic heterocycles. The van der Waals surface area contributed by atoms with Gasteiger partial charge < -0.3 is 9.47 Å². The standard InChI is InChI=1S/C8H12O2/c1-2-6-7(10-6)3-5(1)8-4-9-8/h5-8H,1-4H2/t5-,6+,7+,8+/m1/s1. The number of fused-ring (bicyclic) bond motifs is 1. The maximum Gasteiger partial charge on any atom is 0.0845 e. The van der Waals surface area contributed by atoms with Gasteiger partial charge in [-0.2, -0.15) is 0 Å². The summed E-state index contributed by atoms with van der Waals surface area (Å²) >= 11 is 0. The Bertz CT molecular complexity index is 153. The first-order chi connectivity index (χ1) is 4.93. The van der Waals surface area contributed by atoms with Gasteiger partial charge in [0.2, 0.25) is 0 Å². The molecule has 0 N–H and O–H groups in total. The summed E-state index contributed by atoms with van der Waals surface area (Å²) in [4.78, 5) is 0. The van der Waals surface area contributed by atoms with Gasteiger partial charge >= 0.3 is 0 Å². The molecule has 3 rings (SSSR count). The molecule has 56 valence electrons. The Morgan fingerprint density at radius 3 is 2.60 bits per heavy atom. The molecule has 0 bridgehead atoms. The molecule has 2 heteroatoms. The first-order valence-electron chi connectivity index (χ1n) is 4.20. The molecular weight excluding hydrogens is 128 g/mol. The highest BCUT2D eigenvalue weighted by Gasteiger charge is 2.48. The molecule has 0 amide bonds. The zero-order valence-electron chi connectivity index (χ0n) is 5.95. The molecule has 2 aliphatic heterocycles. The molecule has 2 heterocycles. The van der Waals surface area contributed by atoms with Gasteiger partial charge in [0.15, 0.2) is 0 Å². The molecule has 0 unspecified atom stereocenters. The Morgan fingerprint density at radius 2 is 1.90 bits per heavy atom. The van der Waals surface area contributed by atoms with E-state index in [1.165, 1.54) is 19.3 Å². The summed E-state index contributed by atoms with van der Waals surface area (Å²) in [6.45, 7) is 1.02. The lowest BCUT2D eigenvalue weighted by molar-refractivity contribution is 0.279. The minimum atomic E-state index is 0.616. The van der Waals surface area contributed by atoms with Gasteiger partial charge in [-0.1, -0.05) is 0 Å². The van der Waals surface area contributed by atoms with Crippen molar-refractivity contribution in [2.45, 2.75) is 37.6 Å². The molecule has 0 spiro atoms. The van der Waals surface area contributed by atoms with Crippen molar-refractivity contribution in [2.24, 2.45) is 5.92 Å². The van der Waals surface area contributed by atoms with Gasteiger partial charge in [-0.25, -0.2) is 0 Å². The third-order valence-electron chi connectivity index (χ3n) is 2.93. The molecule has 1 saturated carbocycles. The fraction of sp³-hybridized carbons (Fsp3) is 1.00. The second-order valence-electron chi connectivity index (χ2n) is 3.66. The fourth-order valence-corrected chi connectivity index (χ4v) is 2.10. The largest absolute Gasteiger partial charge is 0.373 e. The number of ether oxygens (including phenoxy) is 2. The van der Waals surface area contributed by atoms with E-state index in [-0.39, 0.29) is 0 Å². The average Bonchev–Trinajstić information content (AvgIpc) is 2.83. The molecule has 2 saturated heterocycles. The van der Waals surface area contributed by atoms with E-state index in [2.05, 4.69) is 0 Å². The second kappa shape index (κ2) is 1.74. The van der Waals surface area contributed by atoms with E-state index in [9.17, 15) is 0 Å². The Morgan fingerprint density at radius 1 is 1.00 bits per heavy atom. The van der Waals surface area contributed by atoms with Crippen molar-refractivity contribution in [1.82, 2.24) is 0 Å². The van der Waals surface area contributed by atoms with Crippen LogP contribution in [0.3, 0.4) is 0 Å². The minimum absolute atomic E-state index is 0.616. The summed E-state index contributed by atoms with van der Waals surface area (Å²) in [6.07, 6.45) is 5.79. The maximum absolute atomic E-state index is 5.43. The van der Waals surface area contributed by atoms with Crippen LogP contribution in [0.2, 0.25) is 0 Å².